The molecule has 1 aliphatic rings. The number of carboxylic acids is 1. The number of hydrogen-bond acceptors (Lipinski definition) is 4. The lowest BCUT2D eigenvalue weighted by Crippen LogP contribution is -2.16. The monoisotopic (exact) mass is 302 g/mol. The van der Waals surface area contributed by atoms with Gasteiger partial charge in [0.15, 0.2) is 0 Å². The Morgan fingerprint density at radius 1 is 1.38 bits per heavy atom. The van der Waals surface area contributed by atoms with E-state index < -0.39 is 17.8 Å². The fraction of sp³-hybridized carbons (Fsp3) is 0.267. The molecule has 1 fully saturated rings. The third kappa shape index (κ3) is 2.95. The number of nitrogens with one attached hydrogen (secondary N) is 1. The third-order valence-corrected chi connectivity index (χ3v) is 4.26. The molecule has 6 heteroatoms. The molecule has 0 bridgehead atoms. The Balaban J connectivity index is 1.72. The molecule has 0 saturated heterocycles. The average Bonchev–Trinajstić information content (AvgIpc) is 3.15. The van der Waals surface area contributed by atoms with Gasteiger partial charge in [0.1, 0.15) is 0 Å². The largest absolute Gasteiger partial charge is 0.481 e. The van der Waals surface area contributed by atoms with Crippen molar-refractivity contribution in [3.05, 3.63) is 34.7 Å². The summed E-state index contributed by atoms with van der Waals surface area (Å²) in [4.78, 5) is 27.1. The number of benzene rings is 1. The number of aromatic nitrogens is 1. The summed E-state index contributed by atoms with van der Waals surface area (Å²) in [6.45, 7) is 1.94. The number of aryl methyl sites for hydroxylation is 1. The van der Waals surface area contributed by atoms with Crippen LogP contribution in [0.25, 0.3) is 11.3 Å². The minimum absolute atomic E-state index is 0.228. The van der Waals surface area contributed by atoms with Crippen LogP contribution in [0.2, 0.25) is 0 Å². The number of carbonyl (C=O) groups is 2. The number of rotatable bonds is 4. The molecule has 0 unspecified atom stereocenters. The van der Waals surface area contributed by atoms with Crippen LogP contribution in [0, 0.1) is 18.8 Å². The summed E-state index contributed by atoms with van der Waals surface area (Å²) in [5.74, 6) is -2.07. The topological polar surface area (TPSA) is 79.3 Å². The highest BCUT2D eigenvalue weighted by Gasteiger charge is 2.48. The molecule has 1 saturated carbocycles. The predicted molar refractivity (Wildman–Crippen MR) is 80.1 cm³/mol. The second-order valence-corrected chi connectivity index (χ2v) is 6.17. The van der Waals surface area contributed by atoms with E-state index in [0.29, 0.717) is 12.1 Å². The van der Waals surface area contributed by atoms with Crippen LogP contribution in [-0.2, 0) is 9.59 Å². The Hall–Kier alpha value is -2.21. The fourth-order valence-electron chi connectivity index (χ4n) is 2.24. The summed E-state index contributed by atoms with van der Waals surface area (Å²) in [5, 5.41) is 14.6. The molecule has 1 aromatic carbocycles. The predicted octanol–water partition coefficient (Wildman–Crippen LogP) is 2.78. The minimum atomic E-state index is -0.901. The molecule has 2 aromatic rings. The van der Waals surface area contributed by atoms with Crippen molar-refractivity contribution < 1.29 is 14.7 Å². The van der Waals surface area contributed by atoms with Crippen molar-refractivity contribution in [1.29, 1.82) is 0 Å². The van der Waals surface area contributed by atoms with E-state index in [1.807, 2.05) is 30.5 Å². The number of carboxylic acid groups (broad SMARTS) is 1. The van der Waals surface area contributed by atoms with Gasteiger partial charge in [-0.25, -0.2) is 4.98 Å². The zero-order chi connectivity index (χ0) is 15.0. The van der Waals surface area contributed by atoms with E-state index >= 15 is 0 Å². The Bertz CT molecular complexity index is 710. The molecule has 1 amide bonds. The molecule has 2 N–H and O–H groups in total. The van der Waals surface area contributed by atoms with Gasteiger partial charge in [0.2, 0.25) is 5.91 Å². The lowest BCUT2D eigenvalue weighted by atomic mass is 10.1. The quantitative estimate of drug-likeness (QED) is 0.910. The van der Waals surface area contributed by atoms with Gasteiger partial charge in [-0.1, -0.05) is 12.1 Å². The lowest BCUT2D eigenvalue weighted by molar-refractivity contribution is -0.139. The Kier molecular flexibility index (Phi) is 3.47. The first-order chi connectivity index (χ1) is 10.0. The van der Waals surface area contributed by atoms with Gasteiger partial charge in [0.05, 0.1) is 22.5 Å². The molecule has 3 rings (SSSR count). The molecular formula is C15H14N2O3S. The number of hydrogen-bond donors (Lipinski definition) is 2. The first kappa shape index (κ1) is 13.8. The van der Waals surface area contributed by atoms with Crippen LogP contribution in [0.3, 0.4) is 0 Å². The van der Waals surface area contributed by atoms with Gasteiger partial charge in [-0.3, -0.25) is 9.59 Å². The maximum Gasteiger partial charge on any atom is 0.307 e. The molecular weight excluding hydrogens is 288 g/mol. The van der Waals surface area contributed by atoms with Crippen molar-refractivity contribution in [3.8, 4) is 11.3 Å². The zero-order valence-corrected chi connectivity index (χ0v) is 12.2. The molecule has 1 aliphatic carbocycles. The van der Waals surface area contributed by atoms with Gasteiger partial charge >= 0.3 is 5.97 Å². The minimum Gasteiger partial charge on any atom is -0.481 e. The second kappa shape index (κ2) is 5.29. The van der Waals surface area contributed by atoms with E-state index in [4.69, 9.17) is 5.11 Å². The van der Waals surface area contributed by atoms with Crippen LogP contribution < -0.4 is 5.32 Å². The van der Waals surface area contributed by atoms with Gasteiger partial charge in [0, 0.05) is 16.6 Å². The van der Waals surface area contributed by atoms with Crippen LogP contribution in [-0.4, -0.2) is 22.0 Å². The maximum atomic E-state index is 12.0. The molecule has 108 valence electrons. The first-order valence-electron chi connectivity index (χ1n) is 6.61. The number of anilines is 1. The molecule has 2 atom stereocenters. The molecule has 1 aromatic heterocycles. The number of amides is 1. The molecule has 5 nitrogen and oxygen atoms in total. The van der Waals surface area contributed by atoms with Crippen molar-refractivity contribution in [3.63, 3.8) is 0 Å². The van der Waals surface area contributed by atoms with Gasteiger partial charge < -0.3 is 10.4 Å². The van der Waals surface area contributed by atoms with Crippen molar-refractivity contribution in [1.82, 2.24) is 4.98 Å². The van der Waals surface area contributed by atoms with Crippen LogP contribution in [0.1, 0.15) is 11.4 Å². The summed E-state index contributed by atoms with van der Waals surface area (Å²) >= 11 is 1.57. The Morgan fingerprint density at radius 2 is 2.19 bits per heavy atom. The Labute approximate surface area is 125 Å². The van der Waals surface area contributed by atoms with Crippen molar-refractivity contribution in [2.24, 2.45) is 11.8 Å². The summed E-state index contributed by atoms with van der Waals surface area (Å²) < 4.78 is 0. The van der Waals surface area contributed by atoms with Gasteiger partial charge in [-0.05, 0) is 25.5 Å². The van der Waals surface area contributed by atoms with Gasteiger partial charge in [-0.15, -0.1) is 11.3 Å². The first-order valence-corrected chi connectivity index (χ1v) is 7.49. The standard InChI is InChI=1S/C15H14N2O3S/c1-8-16-13(7-21-8)9-3-2-4-10(5-9)17-14(18)11-6-12(11)15(19)20/h2-5,7,11-12H,6H2,1H3,(H,17,18)(H,19,20)/t11-,12+/m1/s1. The van der Waals surface area contributed by atoms with Crippen LogP contribution in [0.5, 0.6) is 0 Å². The summed E-state index contributed by atoms with van der Waals surface area (Å²) in [7, 11) is 0. The maximum absolute atomic E-state index is 12.0. The summed E-state index contributed by atoms with van der Waals surface area (Å²) in [5.41, 5.74) is 2.48. The normalized spacial score (nSPS) is 20.0. The lowest BCUT2D eigenvalue weighted by Gasteiger charge is -2.06. The van der Waals surface area contributed by atoms with Crippen molar-refractivity contribution in [2.45, 2.75) is 13.3 Å². The fourth-order valence-corrected chi connectivity index (χ4v) is 2.87. The van der Waals surface area contributed by atoms with Crippen LogP contribution in [0.4, 0.5) is 5.69 Å². The van der Waals surface area contributed by atoms with E-state index in [1.165, 1.54) is 0 Å². The van der Waals surface area contributed by atoms with E-state index in [2.05, 4.69) is 10.3 Å². The average molecular weight is 302 g/mol. The summed E-state index contributed by atoms with van der Waals surface area (Å²) in [6.07, 6.45) is 0.423. The molecule has 0 radical (unpaired) electrons. The highest BCUT2D eigenvalue weighted by molar-refractivity contribution is 7.09. The second-order valence-electron chi connectivity index (χ2n) is 5.11. The SMILES string of the molecule is Cc1nc(-c2cccc(NC(=O)[C@@H]3C[C@@H]3C(=O)O)c2)cs1. The highest BCUT2D eigenvalue weighted by atomic mass is 32.1. The van der Waals surface area contributed by atoms with Gasteiger partial charge in [-0.2, -0.15) is 0 Å². The summed E-state index contributed by atoms with van der Waals surface area (Å²) in [6, 6.07) is 7.42. The van der Waals surface area contributed by atoms with Crippen LogP contribution >= 0.6 is 11.3 Å². The van der Waals surface area contributed by atoms with Gasteiger partial charge in [0.25, 0.3) is 0 Å². The highest BCUT2D eigenvalue weighted by Crippen LogP contribution is 2.39. The molecule has 0 aliphatic heterocycles. The van der Waals surface area contributed by atoms with E-state index in [9.17, 15) is 9.59 Å². The molecule has 0 spiro atoms. The van der Waals surface area contributed by atoms with E-state index in [1.54, 1.807) is 17.4 Å². The number of nitrogens with zero attached hydrogens (tertiary/aromatic N) is 1. The number of thiazole rings is 1. The van der Waals surface area contributed by atoms with E-state index in [0.717, 1.165) is 16.3 Å². The third-order valence-electron chi connectivity index (χ3n) is 3.49. The Morgan fingerprint density at radius 3 is 2.81 bits per heavy atom. The molecule has 21 heavy (non-hydrogen) atoms. The zero-order valence-electron chi connectivity index (χ0n) is 11.4. The smallest absolute Gasteiger partial charge is 0.307 e. The van der Waals surface area contributed by atoms with Crippen LogP contribution in [0.15, 0.2) is 29.6 Å². The number of aliphatic carboxylic acids is 1. The van der Waals surface area contributed by atoms with Crippen molar-refractivity contribution in [2.75, 3.05) is 5.32 Å². The van der Waals surface area contributed by atoms with Crippen molar-refractivity contribution >= 4 is 28.9 Å². The van der Waals surface area contributed by atoms with E-state index in [-0.39, 0.29) is 5.91 Å². The molecule has 1 heterocycles. The number of carbonyl (C=O) groups excluding carboxylic acids is 1.